The number of aromatic amines is 1. The number of likely N-dealkylation sites (tertiary alicyclic amines) is 1. The molecule has 2 saturated heterocycles. The van der Waals surface area contributed by atoms with Gasteiger partial charge in [-0.25, -0.2) is 13.9 Å². The molecule has 26 heavy (non-hydrogen) atoms. The van der Waals surface area contributed by atoms with Gasteiger partial charge in [0.05, 0.1) is 30.3 Å². The summed E-state index contributed by atoms with van der Waals surface area (Å²) < 4.78 is 20.9. The third-order valence-corrected chi connectivity index (χ3v) is 5.85. The van der Waals surface area contributed by atoms with E-state index >= 15 is 0 Å². The number of hydrogen-bond acceptors (Lipinski definition) is 4. The van der Waals surface area contributed by atoms with Crippen LogP contribution in [0.2, 0.25) is 0 Å². The van der Waals surface area contributed by atoms with Crippen LogP contribution in [-0.4, -0.2) is 57.8 Å². The average molecular weight is 357 g/mol. The molecule has 3 aromatic rings. The van der Waals surface area contributed by atoms with E-state index in [9.17, 15) is 9.18 Å². The third kappa shape index (κ3) is 2.12. The first-order chi connectivity index (χ1) is 12.5. The molecule has 0 saturated carbocycles. The molecular formula is C18H20FN5O2. The molecule has 1 amide bonds. The summed E-state index contributed by atoms with van der Waals surface area (Å²) in [6.07, 6.45) is 2.95. The number of nitrogens with one attached hydrogen (secondary N) is 1. The fraction of sp³-hybridized carbons (Fsp3) is 0.444. The van der Waals surface area contributed by atoms with Gasteiger partial charge in [-0.2, -0.15) is 0 Å². The van der Waals surface area contributed by atoms with Crippen LogP contribution >= 0.6 is 0 Å². The number of ether oxygens (including phenoxy) is 1. The topological polar surface area (TPSA) is 88.7 Å². The minimum Gasteiger partial charge on any atom is -0.378 e. The summed E-state index contributed by atoms with van der Waals surface area (Å²) in [5, 5.41) is 3.18. The molecule has 1 atom stereocenters. The quantitative estimate of drug-likeness (QED) is 0.742. The molecule has 8 heteroatoms. The van der Waals surface area contributed by atoms with E-state index in [1.54, 1.807) is 4.52 Å². The van der Waals surface area contributed by atoms with Gasteiger partial charge in [-0.15, -0.1) is 0 Å². The van der Waals surface area contributed by atoms with Crippen LogP contribution in [0, 0.1) is 5.82 Å². The monoisotopic (exact) mass is 357 g/mol. The van der Waals surface area contributed by atoms with Crippen LogP contribution < -0.4 is 5.73 Å². The van der Waals surface area contributed by atoms with Crippen molar-refractivity contribution in [3.63, 3.8) is 0 Å². The first-order valence-electron chi connectivity index (χ1n) is 8.77. The Bertz CT molecular complexity index is 1040. The number of imidazole rings is 1. The van der Waals surface area contributed by atoms with Gasteiger partial charge < -0.3 is 10.5 Å². The smallest absolute Gasteiger partial charge is 0.251 e. The van der Waals surface area contributed by atoms with Gasteiger partial charge in [-0.3, -0.25) is 14.8 Å². The lowest BCUT2D eigenvalue weighted by Crippen LogP contribution is -2.48. The number of nitrogens with two attached hydrogens (primary N) is 1. The Morgan fingerprint density at radius 2 is 2.27 bits per heavy atom. The Kier molecular flexibility index (Phi) is 3.20. The Labute approximate surface area is 148 Å². The highest BCUT2D eigenvalue weighted by Crippen LogP contribution is 2.38. The lowest BCUT2D eigenvalue weighted by atomic mass is 9.83. The van der Waals surface area contributed by atoms with E-state index in [-0.39, 0.29) is 11.0 Å². The van der Waals surface area contributed by atoms with E-state index < -0.39 is 11.7 Å². The van der Waals surface area contributed by atoms with Crippen molar-refractivity contribution in [2.24, 2.45) is 5.73 Å². The predicted octanol–water partition coefficient (Wildman–Crippen LogP) is 1.42. The maximum Gasteiger partial charge on any atom is 0.251 e. The van der Waals surface area contributed by atoms with Crippen LogP contribution in [0.1, 0.15) is 29.3 Å². The Balaban J connectivity index is 1.63. The number of aromatic nitrogens is 3. The second-order valence-electron chi connectivity index (χ2n) is 7.62. The van der Waals surface area contributed by atoms with Crippen molar-refractivity contribution >= 4 is 22.6 Å². The van der Waals surface area contributed by atoms with Gasteiger partial charge in [0.15, 0.2) is 5.65 Å². The highest BCUT2D eigenvalue weighted by molar-refractivity contribution is 6.05. The molecule has 1 aromatic carbocycles. The Hall–Kier alpha value is -2.45. The van der Waals surface area contributed by atoms with Crippen LogP contribution in [0.15, 0.2) is 18.3 Å². The minimum atomic E-state index is -0.671. The molecule has 1 unspecified atom stereocenters. The van der Waals surface area contributed by atoms with Crippen molar-refractivity contribution in [2.45, 2.75) is 24.8 Å². The van der Waals surface area contributed by atoms with Crippen LogP contribution in [0.4, 0.5) is 4.39 Å². The van der Waals surface area contributed by atoms with E-state index in [1.807, 2.05) is 6.20 Å². The molecule has 2 aliphatic rings. The highest BCUT2D eigenvalue weighted by Gasteiger charge is 2.42. The number of carbonyl (C=O) groups excluding carboxylic acids is 1. The molecule has 5 rings (SSSR count). The third-order valence-electron chi connectivity index (χ3n) is 5.85. The number of amides is 1. The van der Waals surface area contributed by atoms with Crippen molar-refractivity contribution < 1.29 is 13.9 Å². The lowest BCUT2D eigenvalue weighted by molar-refractivity contribution is -0.0584. The Morgan fingerprint density at radius 1 is 1.46 bits per heavy atom. The zero-order chi connectivity index (χ0) is 18.1. The van der Waals surface area contributed by atoms with Crippen molar-refractivity contribution in [2.75, 3.05) is 26.3 Å². The number of halogens is 1. The lowest BCUT2D eigenvalue weighted by Gasteiger charge is -2.35. The number of primary amides is 1. The normalized spacial score (nSPS) is 24.5. The number of hydrogen-bond donors (Lipinski definition) is 2. The molecule has 0 spiro atoms. The van der Waals surface area contributed by atoms with E-state index in [2.05, 4.69) is 21.9 Å². The summed E-state index contributed by atoms with van der Waals surface area (Å²) >= 11 is 0. The first kappa shape index (κ1) is 15.8. The molecule has 4 heterocycles. The molecule has 0 radical (unpaired) electrons. The van der Waals surface area contributed by atoms with Gasteiger partial charge in [0.25, 0.3) is 5.91 Å². The van der Waals surface area contributed by atoms with Crippen molar-refractivity contribution in [3.05, 3.63) is 35.3 Å². The summed E-state index contributed by atoms with van der Waals surface area (Å²) in [6.45, 7) is 5.77. The summed E-state index contributed by atoms with van der Waals surface area (Å²) in [5.41, 5.74) is 8.26. The second kappa shape index (κ2) is 5.28. The molecule has 0 aliphatic carbocycles. The largest absolute Gasteiger partial charge is 0.378 e. The maximum absolute atomic E-state index is 13.9. The summed E-state index contributed by atoms with van der Waals surface area (Å²) in [7, 11) is 0. The fourth-order valence-electron chi connectivity index (χ4n) is 4.27. The average Bonchev–Trinajstić information content (AvgIpc) is 3.18. The molecule has 7 nitrogen and oxygen atoms in total. The number of carbonyl (C=O) groups is 1. The van der Waals surface area contributed by atoms with Crippen LogP contribution in [0.3, 0.4) is 0 Å². The van der Waals surface area contributed by atoms with Crippen molar-refractivity contribution in [3.8, 4) is 0 Å². The highest BCUT2D eigenvalue weighted by atomic mass is 19.1. The van der Waals surface area contributed by atoms with Gasteiger partial charge in [0.2, 0.25) is 0 Å². The first-order valence-corrected chi connectivity index (χ1v) is 8.77. The molecule has 136 valence electrons. The van der Waals surface area contributed by atoms with E-state index in [0.717, 1.165) is 50.0 Å². The summed E-state index contributed by atoms with van der Waals surface area (Å²) in [6, 6.07) is 3.00. The maximum atomic E-state index is 13.9. The number of benzene rings is 1. The SMILES string of the molecule is CC1(c2c[nH]n3c2nc2cc(F)cc(C(N)=O)c23)CCN(C2COC2)C1. The number of H-pyrrole nitrogens is 1. The van der Waals surface area contributed by atoms with Crippen LogP contribution in [-0.2, 0) is 10.2 Å². The van der Waals surface area contributed by atoms with Gasteiger partial charge in [0.1, 0.15) is 11.3 Å². The zero-order valence-corrected chi connectivity index (χ0v) is 14.5. The van der Waals surface area contributed by atoms with E-state index in [1.165, 1.54) is 6.07 Å². The van der Waals surface area contributed by atoms with Crippen molar-refractivity contribution in [1.29, 1.82) is 0 Å². The Morgan fingerprint density at radius 3 is 2.96 bits per heavy atom. The summed E-state index contributed by atoms with van der Waals surface area (Å²) in [5.74, 6) is -1.19. The minimum absolute atomic E-state index is 0.0658. The van der Waals surface area contributed by atoms with Crippen LogP contribution in [0.25, 0.3) is 16.7 Å². The molecule has 0 bridgehead atoms. The predicted molar refractivity (Wildman–Crippen MR) is 93.7 cm³/mol. The summed E-state index contributed by atoms with van der Waals surface area (Å²) in [4.78, 5) is 18.9. The van der Waals surface area contributed by atoms with Crippen molar-refractivity contribution in [1.82, 2.24) is 19.5 Å². The second-order valence-corrected chi connectivity index (χ2v) is 7.62. The van der Waals surface area contributed by atoms with Gasteiger partial charge in [-0.1, -0.05) is 6.92 Å². The van der Waals surface area contributed by atoms with E-state index in [0.29, 0.717) is 17.1 Å². The van der Waals surface area contributed by atoms with Gasteiger partial charge in [0, 0.05) is 29.8 Å². The number of rotatable bonds is 3. The number of fused-ring (bicyclic) bond motifs is 3. The van der Waals surface area contributed by atoms with E-state index in [4.69, 9.17) is 10.5 Å². The fourth-order valence-corrected chi connectivity index (χ4v) is 4.27. The number of nitrogens with zero attached hydrogens (tertiary/aromatic N) is 3. The zero-order valence-electron chi connectivity index (χ0n) is 14.5. The molecule has 2 fully saturated rings. The van der Waals surface area contributed by atoms with Gasteiger partial charge >= 0.3 is 0 Å². The molecule has 3 N–H and O–H groups in total. The molecule has 2 aliphatic heterocycles. The molecular weight excluding hydrogens is 337 g/mol. The van der Waals surface area contributed by atoms with Gasteiger partial charge in [-0.05, 0) is 19.0 Å². The van der Waals surface area contributed by atoms with Crippen LogP contribution in [0.5, 0.6) is 0 Å². The standard InChI is InChI=1S/C18H20FN5O2/c1-18(2-3-23(9-18)11-7-26-8-11)13-6-21-24-15-12(16(20)25)4-10(19)5-14(15)22-17(13)24/h4-6,11,21H,2-3,7-9H2,1H3,(H2,20,25). The molecule has 2 aromatic heterocycles.